The molecule has 0 spiro atoms. The van der Waals surface area contributed by atoms with Gasteiger partial charge in [0.25, 0.3) is 0 Å². The summed E-state index contributed by atoms with van der Waals surface area (Å²) in [4.78, 5) is 12.1. The van der Waals surface area contributed by atoms with E-state index in [1.807, 2.05) is 6.19 Å². The zero-order valence-electron chi connectivity index (χ0n) is 12.9. The van der Waals surface area contributed by atoms with Crippen LogP contribution in [0.4, 0.5) is 0 Å². The van der Waals surface area contributed by atoms with Gasteiger partial charge in [0.05, 0.1) is 0 Å². The minimum absolute atomic E-state index is 0.112. The first-order chi connectivity index (χ1) is 9.40. The molecular formula is C16H27N3O. The van der Waals surface area contributed by atoms with E-state index in [1.54, 1.807) is 0 Å². The molecule has 0 aromatic rings. The van der Waals surface area contributed by atoms with E-state index < -0.39 is 0 Å². The molecule has 2 saturated carbocycles. The topological polar surface area (TPSA) is 64.9 Å². The minimum atomic E-state index is 0.112. The van der Waals surface area contributed by atoms with E-state index in [2.05, 4.69) is 31.4 Å². The van der Waals surface area contributed by atoms with Crippen LogP contribution in [0.15, 0.2) is 0 Å². The van der Waals surface area contributed by atoms with E-state index in [0.29, 0.717) is 11.5 Å². The highest BCUT2D eigenvalue weighted by molar-refractivity contribution is 5.80. The predicted octanol–water partition coefficient (Wildman–Crippen LogP) is 2.56. The summed E-state index contributed by atoms with van der Waals surface area (Å²) in [6.45, 7) is 6.94. The van der Waals surface area contributed by atoms with Crippen LogP contribution >= 0.6 is 0 Å². The summed E-state index contributed by atoms with van der Waals surface area (Å²) < 4.78 is 0. The molecule has 4 nitrogen and oxygen atoms in total. The molecule has 0 aromatic heterocycles. The lowest BCUT2D eigenvalue weighted by Crippen LogP contribution is -2.49. The first-order valence-electron chi connectivity index (χ1n) is 7.85. The molecule has 0 atom stereocenters. The third-order valence-corrected chi connectivity index (χ3v) is 5.08. The number of amides is 1. The van der Waals surface area contributed by atoms with Gasteiger partial charge in [-0.25, -0.2) is 0 Å². The Kier molecular flexibility index (Phi) is 4.57. The van der Waals surface area contributed by atoms with E-state index in [4.69, 9.17) is 5.26 Å². The maximum Gasteiger partial charge on any atom is 0.223 e. The zero-order chi connectivity index (χ0) is 14.8. The normalized spacial score (nSPS) is 33.7. The molecule has 2 N–H and O–H groups in total. The molecule has 112 valence electrons. The highest BCUT2D eigenvalue weighted by atomic mass is 16.2. The van der Waals surface area contributed by atoms with E-state index in [-0.39, 0.29) is 17.9 Å². The first kappa shape index (κ1) is 15.2. The van der Waals surface area contributed by atoms with Crippen molar-refractivity contribution < 1.29 is 4.79 Å². The van der Waals surface area contributed by atoms with Crippen LogP contribution in [0.2, 0.25) is 0 Å². The van der Waals surface area contributed by atoms with Gasteiger partial charge in [-0.2, -0.15) is 5.26 Å². The molecular weight excluding hydrogens is 250 g/mol. The van der Waals surface area contributed by atoms with Gasteiger partial charge >= 0.3 is 0 Å². The SMILES string of the molecule is CC(C)(C)[C@H]1CC[C@@H](NC(=O)[C@H]2C[C@H](NC#N)C2)CC1. The summed E-state index contributed by atoms with van der Waals surface area (Å²) in [5, 5.41) is 14.4. The van der Waals surface area contributed by atoms with E-state index in [0.717, 1.165) is 31.6 Å². The molecule has 1 amide bonds. The van der Waals surface area contributed by atoms with Gasteiger partial charge in [-0.1, -0.05) is 20.8 Å². The fraction of sp³-hybridized carbons (Fsp3) is 0.875. The summed E-state index contributed by atoms with van der Waals surface area (Å²) in [6, 6.07) is 0.580. The van der Waals surface area contributed by atoms with Crippen LogP contribution < -0.4 is 10.6 Å². The molecule has 2 aliphatic carbocycles. The lowest BCUT2D eigenvalue weighted by Gasteiger charge is -2.39. The molecule has 0 heterocycles. The van der Waals surface area contributed by atoms with E-state index in [9.17, 15) is 4.79 Å². The van der Waals surface area contributed by atoms with Crippen molar-refractivity contribution in [3.63, 3.8) is 0 Å². The van der Waals surface area contributed by atoms with Crippen LogP contribution in [0.5, 0.6) is 0 Å². The van der Waals surface area contributed by atoms with Crippen molar-refractivity contribution in [3.05, 3.63) is 0 Å². The lowest BCUT2D eigenvalue weighted by atomic mass is 9.71. The largest absolute Gasteiger partial charge is 0.353 e. The average Bonchev–Trinajstić information content (AvgIpc) is 2.32. The fourth-order valence-corrected chi connectivity index (χ4v) is 3.46. The Morgan fingerprint density at radius 3 is 2.20 bits per heavy atom. The number of carbonyl (C=O) groups is 1. The van der Waals surface area contributed by atoms with Crippen molar-refractivity contribution in [1.82, 2.24) is 10.6 Å². The van der Waals surface area contributed by atoms with Crippen molar-refractivity contribution in [2.24, 2.45) is 17.3 Å². The number of carbonyl (C=O) groups excluding carboxylic acids is 1. The number of hydrogen-bond donors (Lipinski definition) is 2. The monoisotopic (exact) mass is 277 g/mol. The molecule has 0 unspecified atom stereocenters. The molecule has 0 bridgehead atoms. The van der Waals surface area contributed by atoms with Gasteiger partial charge in [0, 0.05) is 18.0 Å². The summed E-state index contributed by atoms with van der Waals surface area (Å²) in [6.07, 6.45) is 8.22. The van der Waals surface area contributed by atoms with Crippen molar-refractivity contribution in [2.75, 3.05) is 0 Å². The molecule has 0 saturated heterocycles. The van der Waals surface area contributed by atoms with Gasteiger partial charge in [-0.15, -0.1) is 0 Å². The second-order valence-corrected chi connectivity index (χ2v) is 7.54. The van der Waals surface area contributed by atoms with Gasteiger partial charge < -0.3 is 10.6 Å². The quantitative estimate of drug-likeness (QED) is 0.615. The Hall–Kier alpha value is -1.24. The lowest BCUT2D eigenvalue weighted by molar-refractivity contribution is -0.129. The first-order valence-corrected chi connectivity index (χ1v) is 7.85. The summed E-state index contributed by atoms with van der Waals surface area (Å²) >= 11 is 0. The van der Waals surface area contributed by atoms with Crippen LogP contribution in [0.25, 0.3) is 0 Å². The van der Waals surface area contributed by atoms with Crippen molar-refractivity contribution in [3.8, 4) is 6.19 Å². The number of nitriles is 1. The second-order valence-electron chi connectivity index (χ2n) is 7.54. The molecule has 2 fully saturated rings. The van der Waals surface area contributed by atoms with Gasteiger partial charge in [0.2, 0.25) is 5.91 Å². The van der Waals surface area contributed by atoms with E-state index >= 15 is 0 Å². The Balaban J connectivity index is 1.69. The van der Waals surface area contributed by atoms with Gasteiger partial charge in [0.1, 0.15) is 0 Å². The Bertz CT molecular complexity index is 380. The molecule has 0 aliphatic heterocycles. The Labute approximate surface area is 122 Å². The number of rotatable bonds is 3. The zero-order valence-corrected chi connectivity index (χ0v) is 12.9. The predicted molar refractivity (Wildman–Crippen MR) is 78.6 cm³/mol. The van der Waals surface area contributed by atoms with Crippen LogP contribution in [0, 0.1) is 28.7 Å². The highest BCUT2D eigenvalue weighted by Crippen LogP contribution is 2.38. The molecule has 0 radical (unpaired) electrons. The molecule has 2 rings (SSSR count). The summed E-state index contributed by atoms with van der Waals surface area (Å²) in [7, 11) is 0. The highest BCUT2D eigenvalue weighted by Gasteiger charge is 2.36. The summed E-state index contributed by atoms with van der Waals surface area (Å²) in [5.74, 6) is 1.09. The molecule has 4 heteroatoms. The maximum absolute atomic E-state index is 12.1. The molecule has 0 aromatic carbocycles. The Morgan fingerprint density at radius 1 is 1.10 bits per heavy atom. The van der Waals surface area contributed by atoms with Gasteiger partial charge in [-0.05, 0) is 49.9 Å². The van der Waals surface area contributed by atoms with Crippen molar-refractivity contribution >= 4 is 5.91 Å². The number of hydrogen-bond acceptors (Lipinski definition) is 3. The third kappa shape index (κ3) is 3.65. The maximum atomic E-state index is 12.1. The molecule has 20 heavy (non-hydrogen) atoms. The van der Waals surface area contributed by atoms with Gasteiger partial charge in [0.15, 0.2) is 6.19 Å². The van der Waals surface area contributed by atoms with Crippen LogP contribution in [-0.2, 0) is 4.79 Å². The fourth-order valence-electron chi connectivity index (χ4n) is 3.46. The smallest absolute Gasteiger partial charge is 0.223 e. The third-order valence-electron chi connectivity index (χ3n) is 5.08. The van der Waals surface area contributed by atoms with Gasteiger partial charge in [-0.3, -0.25) is 4.79 Å². The van der Waals surface area contributed by atoms with Crippen LogP contribution in [0.1, 0.15) is 59.3 Å². The second kappa shape index (κ2) is 6.03. The minimum Gasteiger partial charge on any atom is -0.353 e. The van der Waals surface area contributed by atoms with Crippen molar-refractivity contribution in [2.45, 2.75) is 71.4 Å². The number of nitrogens with zero attached hydrogens (tertiary/aromatic N) is 1. The average molecular weight is 277 g/mol. The van der Waals surface area contributed by atoms with Crippen LogP contribution in [-0.4, -0.2) is 18.0 Å². The van der Waals surface area contributed by atoms with E-state index in [1.165, 1.54) is 12.8 Å². The number of nitrogens with one attached hydrogen (secondary N) is 2. The summed E-state index contributed by atoms with van der Waals surface area (Å²) in [5.41, 5.74) is 0.388. The molecule has 2 aliphatic rings. The standard InChI is InChI=1S/C16H27N3O/c1-16(2,3)12-4-6-13(7-5-12)19-15(20)11-8-14(9-11)18-10-17/h11-14,18H,4-9H2,1-3H3,(H,19,20)/t11-,12-,13+,14-. The Morgan fingerprint density at radius 2 is 1.70 bits per heavy atom. The van der Waals surface area contributed by atoms with Crippen molar-refractivity contribution in [1.29, 1.82) is 5.26 Å². The van der Waals surface area contributed by atoms with Crippen LogP contribution in [0.3, 0.4) is 0 Å².